The molecule has 0 saturated carbocycles. The van der Waals surface area contributed by atoms with Crippen LogP contribution >= 0.6 is 11.8 Å². The molecule has 25 heavy (non-hydrogen) atoms. The Bertz CT molecular complexity index is 994. The molecule has 0 spiro atoms. The van der Waals surface area contributed by atoms with Gasteiger partial charge < -0.3 is 9.73 Å². The standard InChI is InChI=1S/C18H17N3O3S/c1-10-6-17(23)24-15-8-13(4-5-14(10)15)21-16(22)9-25-18-19-11(2)7-12(3)20-18/h4-8H,9H2,1-3H3,(H,21,22). The van der Waals surface area contributed by atoms with Crippen LogP contribution in [0.25, 0.3) is 11.0 Å². The van der Waals surface area contributed by atoms with Gasteiger partial charge in [0.1, 0.15) is 5.58 Å². The van der Waals surface area contributed by atoms with E-state index in [2.05, 4.69) is 15.3 Å². The number of aryl methyl sites for hydroxylation is 3. The third kappa shape index (κ3) is 4.24. The van der Waals surface area contributed by atoms with Crippen LogP contribution in [-0.4, -0.2) is 21.6 Å². The Morgan fingerprint density at radius 2 is 1.84 bits per heavy atom. The highest BCUT2D eigenvalue weighted by molar-refractivity contribution is 7.99. The molecule has 0 fully saturated rings. The number of amides is 1. The lowest BCUT2D eigenvalue weighted by Crippen LogP contribution is -2.14. The molecule has 0 aliphatic heterocycles. The van der Waals surface area contributed by atoms with Crippen LogP contribution in [0.2, 0.25) is 0 Å². The maximum atomic E-state index is 12.1. The van der Waals surface area contributed by atoms with Crippen molar-refractivity contribution in [3.05, 3.63) is 57.7 Å². The average Bonchev–Trinajstić information content (AvgIpc) is 2.51. The van der Waals surface area contributed by atoms with Crippen molar-refractivity contribution in [3.8, 4) is 0 Å². The summed E-state index contributed by atoms with van der Waals surface area (Å²) >= 11 is 1.28. The van der Waals surface area contributed by atoms with Crippen LogP contribution in [0, 0.1) is 20.8 Å². The minimum Gasteiger partial charge on any atom is -0.423 e. The number of anilines is 1. The van der Waals surface area contributed by atoms with Crippen LogP contribution < -0.4 is 10.9 Å². The number of carbonyl (C=O) groups is 1. The van der Waals surface area contributed by atoms with Crippen molar-refractivity contribution in [2.24, 2.45) is 0 Å². The molecule has 6 nitrogen and oxygen atoms in total. The number of carbonyl (C=O) groups excluding carboxylic acids is 1. The van der Waals surface area contributed by atoms with E-state index >= 15 is 0 Å². The lowest BCUT2D eigenvalue weighted by atomic mass is 10.1. The van der Waals surface area contributed by atoms with E-state index < -0.39 is 5.63 Å². The van der Waals surface area contributed by atoms with Crippen molar-refractivity contribution in [3.63, 3.8) is 0 Å². The summed E-state index contributed by atoms with van der Waals surface area (Å²) in [5, 5.41) is 4.21. The number of aromatic nitrogens is 2. The Morgan fingerprint density at radius 1 is 1.12 bits per heavy atom. The van der Waals surface area contributed by atoms with Crippen molar-refractivity contribution >= 4 is 34.3 Å². The minimum absolute atomic E-state index is 0.179. The van der Waals surface area contributed by atoms with E-state index in [0.717, 1.165) is 22.3 Å². The summed E-state index contributed by atoms with van der Waals surface area (Å²) in [6, 6.07) is 8.59. The highest BCUT2D eigenvalue weighted by Gasteiger charge is 2.08. The third-order valence-corrected chi connectivity index (χ3v) is 4.38. The van der Waals surface area contributed by atoms with E-state index in [1.165, 1.54) is 17.8 Å². The van der Waals surface area contributed by atoms with E-state index in [-0.39, 0.29) is 11.7 Å². The highest BCUT2D eigenvalue weighted by atomic mass is 32.2. The molecule has 2 heterocycles. The largest absolute Gasteiger partial charge is 0.423 e. The topological polar surface area (TPSA) is 85.1 Å². The number of fused-ring (bicyclic) bond motifs is 1. The molecule has 0 atom stereocenters. The molecule has 1 aromatic carbocycles. The summed E-state index contributed by atoms with van der Waals surface area (Å²) in [6.07, 6.45) is 0. The fourth-order valence-electron chi connectivity index (χ4n) is 2.49. The number of nitrogens with one attached hydrogen (secondary N) is 1. The first-order valence-electron chi connectivity index (χ1n) is 7.70. The van der Waals surface area contributed by atoms with Gasteiger partial charge in [-0.3, -0.25) is 4.79 Å². The van der Waals surface area contributed by atoms with Crippen molar-refractivity contribution in [2.45, 2.75) is 25.9 Å². The summed E-state index contributed by atoms with van der Waals surface area (Å²) in [4.78, 5) is 32.2. The zero-order valence-corrected chi connectivity index (χ0v) is 14.9. The van der Waals surface area contributed by atoms with E-state index in [4.69, 9.17) is 4.42 Å². The van der Waals surface area contributed by atoms with Crippen LogP contribution in [0.3, 0.4) is 0 Å². The molecule has 128 valence electrons. The minimum atomic E-state index is -0.406. The van der Waals surface area contributed by atoms with Crippen LogP contribution in [0.4, 0.5) is 5.69 Å². The summed E-state index contributed by atoms with van der Waals surface area (Å²) in [5.74, 6) is 0.0145. The number of benzene rings is 1. The second-order valence-corrected chi connectivity index (χ2v) is 6.67. The summed E-state index contributed by atoms with van der Waals surface area (Å²) in [6.45, 7) is 5.63. The predicted octanol–water partition coefficient (Wildman–Crippen LogP) is 3.24. The van der Waals surface area contributed by atoms with E-state index in [0.29, 0.717) is 16.4 Å². The maximum Gasteiger partial charge on any atom is 0.336 e. The molecule has 0 saturated heterocycles. The van der Waals surface area contributed by atoms with Gasteiger partial charge >= 0.3 is 5.63 Å². The Hall–Kier alpha value is -2.67. The van der Waals surface area contributed by atoms with Crippen LogP contribution in [0.15, 0.2) is 44.7 Å². The fraction of sp³-hybridized carbons (Fsp3) is 0.222. The van der Waals surface area contributed by atoms with Gasteiger partial charge in [0, 0.05) is 34.6 Å². The van der Waals surface area contributed by atoms with Gasteiger partial charge in [-0.05, 0) is 44.5 Å². The lowest BCUT2D eigenvalue weighted by molar-refractivity contribution is -0.113. The van der Waals surface area contributed by atoms with E-state index in [1.54, 1.807) is 12.1 Å². The van der Waals surface area contributed by atoms with Crippen molar-refractivity contribution in [1.82, 2.24) is 9.97 Å². The second kappa shape index (κ2) is 7.06. The van der Waals surface area contributed by atoms with Gasteiger partial charge in [-0.15, -0.1) is 0 Å². The summed E-state index contributed by atoms with van der Waals surface area (Å²) in [7, 11) is 0. The molecule has 1 amide bonds. The van der Waals surface area contributed by atoms with Crippen LogP contribution in [0.1, 0.15) is 17.0 Å². The molecule has 7 heteroatoms. The second-order valence-electron chi connectivity index (χ2n) is 5.73. The first kappa shape index (κ1) is 17.2. The summed E-state index contributed by atoms with van der Waals surface area (Å²) < 4.78 is 5.19. The molecule has 0 aliphatic carbocycles. The quantitative estimate of drug-likeness (QED) is 0.439. The fourth-order valence-corrected chi connectivity index (χ4v) is 3.24. The Kier molecular flexibility index (Phi) is 4.85. The molecular formula is C18H17N3O3S. The number of hydrogen-bond donors (Lipinski definition) is 1. The average molecular weight is 355 g/mol. The SMILES string of the molecule is Cc1cc(C)nc(SCC(=O)Nc2ccc3c(C)cc(=O)oc3c2)n1. The van der Waals surface area contributed by atoms with E-state index in [1.807, 2.05) is 32.9 Å². The number of thioether (sulfide) groups is 1. The zero-order valence-electron chi connectivity index (χ0n) is 14.1. The van der Waals surface area contributed by atoms with Crippen molar-refractivity contribution in [2.75, 3.05) is 11.1 Å². The number of nitrogens with zero attached hydrogens (tertiary/aromatic N) is 2. The molecule has 0 bridgehead atoms. The molecular weight excluding hydrogens is 338 g/mol. The van der Waals surface area contributed by atoms with Crippen molar-refractivity contribution < 1.29 is 9.21 Å². The van der Waals surface area contributed by atoms with Crippen LogP contribution in [0.5, 0.6) is 0 Å². The first-order valence-corrected chi connectivity index (χ1v) is 8.69. The van der Waals surface area contributed by atoms with Gasteiger partial charge in [-0.25, -0.2) is 14.8 Å². The van der Waals surface area contributed by atoms with Gasteiger partial charge in [0.2, 0.25) is 5.91 Å². The van der Waals surface area contributed by atoms with Gasteiger partial charge in [0.15, 0.2) is 5.16 Å². The molecule has 2 aromatic heterocycles. The number of hydrogen-bond acceptors (Lipinski definition) is 6. The maximum absolute atomic E-state index is 12.1. The lowest BCUT2D eigenvalue weighted by Gasteiger charge is -2.07. The van der Waals surface area contributed by atoms with Gasteiger partial charge in [0.25, 0.3) is 0 Å². The Balaban J connectivity index is 1.70. The molecule has 0 radical (unpaired) electrons. The highest BCUT2D eigenvalue weighted by Crippen LogP contribution is 2.21. The van der Waals surface area contributed by atoms with Crippen LogP contribution in [-0.2, 0) is 4.79 Å². The monoisotopic (exact) mass is 355 g/mol. The van der Waals surface area contributed by atoms with Crippen molar-refractivity contribution in [1.29, 1.82) is 0 Å². The first-order chi connectivity index (χ1) is 11.9. The summed E-state index contributed by atoms with van der Waals surface area (Å²) in [5.41, 5.74) is 3.20. The molecule has 0 aliphatic rings. The Morgan fingerprint density at radius 3 is 2.56 bits per heavy atom. The molecule has 0 unspecified atom stereocenters. The Labute approximate surface area is 148 Å². The van der Waals surface area contributed by atoms with Gasteiger partial charge in [-0.1, -0.05) is 11.8 Å². The molecule has 3 aromatic rings. The molecule has 3 rings (SSSR count). The zero-order chi connectivity index (χ0) is 18.0. The smallest absolute Gasteiger partial charge is 0.336 e. The third-order valence-electron chi connectivity index (χ3n) is 3.53. The van der Waals surface area contributed by atoms with Gasteiger partial charge in [0.05, 0.1) is 5.75 Å². The van der Waals surface area contributed by atoms with E-state index in [9.17, 15) is 9.59 Å². The normalized spacial score (nSPS) is 10.8. The number of rotatable bonds is 4. The predicted molar refractivity (Wildman–Crippen MR) is 98.1 cm³/mol. The molecule has 1 N–H and O–H groups in total. The van der Waals surface area contributed by atoms with Gasteiger partial charge in [-0.2, -0.15) is 0 Å².